The van der Waals surface area contributed by atoms with Crippen molar-refractivity contribution in [2.45, 2.75) is 0 Å². The Labute approximate surface area is 116 Å². The van der Waals surface area contributed by atoms with Crippen molar-refractivity contribution in [2.24, 2.45) is 0 Å². The molecule has 0 bridgehead atoms. The number of nitrogens with zero attached hydrogens (tertiary/aromatic N) is 3. The number of rotatable bonds is 3. The predicted molar refractivity (Wildman–Crippen MR) is 71.9 cm³/mol. The molecule has 0 atom stereocenters. The zero-order valence-corrected chi connectivity index (χ0v) is 11.5. The zero-order valence-electron chi connectivity index (χ0n) is 10.7. The second kappa shape index (κ2) is 6.16. The van der Waals surface area contributed by atoms with Gasteiger partial charge in [-0.1, -0.05) is 11.6 Å². The van der Waals surface area contributed by atoms with Crippen LogP contribution in [0.4, 0.5) is 10.2 Å². The average Bonchev–Trinajstić information content (AvgIpc) is 2.39. The molecule has 1 fully saturated rings. The Morgan fingerprint density at radius 2 is 2.26 bits per heavy atom. The summed E-state index contributed by atoms with van der Waals surface area (Å²) < 4.78 is 13.7. The molecule has 1 aromatic rings. The molecule has 0 unspecified atom stereocenters. The molecule has 7 heteroatoms. The number of hydrogen-bond acceptors (Lipinski definition) is 4. The number of piperazine rings is 1. The fourth-order valence-electron chi connectivity index (χ4n) is 1.98. The molecule has 0 radical (unpaired) electrons. The summed E-state index contributed by atoms with van der Waals surface area (Å²) in [4.78, 5) is 19.2. The van der Waals surface area contributed by atoms with Crippen LogP contribution in [0, 0.1) is 5.82 Å². The molecule has 1 aliphatic heterocycles. The van der Waals surface area contributed by atoms with Crippen LogP contribution in [-0.4, -0.2) is 55.6 Å². The van der Waals surface area contributed by atoms with Crippen LogP contribution in [0.5, 0.6) is 0 Å². The van der Waals surface area contributed by atoms with Gasteiger partial charge in [-0.15, -0.1) is 0 Å². The van der Waals surface area contributed by atoms with E-state index in [9.17, 15) is 9.18 Å². The van der Waals surface area contributed by atoms with Gasteiger partial charge in [-0.05, 0) is 6.07 Å². The van der Waals surface area contributed by atoms with E-state index in [2.05, 4.69) is 10.3 Å². The van der Waals surface area contributed by atoms with Crippen LogP contribution in [0.3, 0.4) is 0 Å². The maximum atomic E-state index is 13.7. The smallest absolute Gasteiger partial charge is 0.242 e. The molecule has 0 aromatic carbocycles. The Bertz CT molecular complexity index is 465. The molecule has 1 aromatic heterocycles. The van der Waals surface area contributed by atoms with E-state index in [0.29, 0.717) is 13.1 Å². The fraction of sp³-hybridized carbons (Fsp3) is 0.500. The summed E-state index contributed by atoms with van der Waals surface area (Å²) >= 11 is 5.65. The van der Waals surface area contributed by atoms with E-state index in [1.54, 1.807) is 11.9 Å². The van der Waals surface area contributed by atoms with Gasteiger partial charge >= 0.3 is 0 Å². The quantitative estimate of drug-likeness (QED) is 0.890. The van der Waals surface area contributed by atoms with Gasteiger partial charge < -0.3 is 15.1 Å². The largest absolute Gasteiger partial charge is 0.348 e. The van der Waals surface area contributed by atoms with Gasteiger partial charge in [0, 0.05) is 39.4 Å². The summed E-state index contributed by atoms with van der Waals surface area (Å²) in [7, 11) is 1.64. The lowest BCUT2D eigenvalue weighted by Gasteiger charge is -2.29. The Balaban J connectivity index is 1.99. The normalized spacial score (nSPS) is 15.4. The Morgan fingerprint density at radius 1 is 1.58 bits per heavy atom. The van der Waals surface area contributed by atoms with Gasteiger partial charge in [0.05, 0.1) is 11.6 Å². The van der Waals surface area contributed by atoms with Crippen LogP contribution in [0.1, 0.15) is 0 Å². The molecular weight excluding hydrogens is 271 g/mol. The first-order chi connectivity index (χ1) is 9.08. The van der Waals surface area contributed by atoms with Crippen molar-refractivity contribution < 1.29 is 9.18 Å². The van der Waals surface area contributed by atoms with Crippen LogP contribution in [-0.2, 0) is 4.79 Å². The summed E-state index contributed by atoms with van der Waals surface area (Å²) in [5.41, 5.74) is 0. The molecular formula is C12H16ClFN4O. The first kappa shape index (κ1) is 14.0. The third kappa shape index (κ3) is 3.54. The number of amides is 1. The number of anilines is 1. The van der Waals surface area contributed by atoms with E-state index < -0.39 is 5.82 Å². The zero-order chi connectivity index (χ0) is 13.8. The minimum atomic E-state index is -0.525. The Morgan fingerprint density at radius 3 is 2.89 bits per heavy atom. The van der Waals surface area contributed by atoms with E-state index in [4.69, 9.17) is 11.6 Å². The maximum Gasteiger partial charge on any atom is 0.242 e. The highest BCUT2D eigenvalue weighted by molar-refractivity contribution is 6.30. The molecule has 104 valence electrons. The number of halogens is 2. The van der Waals surface area contributed by atoms with Gasteiger partial charge in [0.1, 0.15) is 0 Å². The van der Waals surface area contributed by atoms with Gasteiger partial charge in [-0.25, -0.2) is 9.37 Å². The number of carbonyl (C=O) groups is 1. The number of pyridine rings is 1. The van der Waals surface area contributed by atoms with Crippen molar-refractivity contribution in [1.82, 2.24) is 15.2 Å². The predicted octanol–water partition coefficient (Wildman–Crippen LogP) is 0.742. The minimum Gasteiger partial charge on any atom is -0.348 e. The van der Waals surface area contributed by atoms with Gasteiger partial charge in [0.2, 0.25) is 5.91 Å². The topological polar surface area (TPSA) is 48.5 Å². The summed E-state index contributed by atoms with van der Waals surface area (Å²) in [6, 6.07) is 1.19. The molecule has 1 saturated heterocycles. The fourth-order valence-corrected chi connectivity index (χ4v) is 2.12. The van der Waals surface area contributed by atoms with Crippen LogP contribution >= 0.6 is 11.6 Å². The SMILES string of the molecule is CN(CC(=O)N1CCNCC1)c1ncc(Cl)cc1F. The Hall–Kier alpha value is -1.40. The number of hydrogen-bond donors (Lipinski definition) is 1. The van der Waals surface area contributed by atoms with Crippen molar-refractivity contribution >= 4 is 23.3 Å². The molecule has 1 aliphatic rings. The van der Waals surface area contributed by atoms with Crippen molar-refractivity contribution in [3.63, 3.8) is 0 Å². The maximum absolute atomic E-state index is 13.7. The summed E-state index contributed by atoms with van der Waals surface area (Å²) in [6.45, 7) is 3.06. The van der Waals surface area contributed by atoms with E-state index in [1.807, 2.05) is 0 Å². The average molecular weight is 287 g/mol. The molecule has 0 spiro atoms. The highest BCUT2D eigenvalue weighted by Gasteiger charge is 2.19. The van der Waals surface area contributed by atoms with Crippen LogP contribution in [0.25, 0.3) is 0 Å². The third-order valence-corrected chi connectivity index (χ3v) is 3.20. The van der Waals surface area contributed by atoms with Gasteiger partial charge in [0.25, 0.3) is 0 Å². The number of carbonyl (C=O) groups excluding carboxylic acids is 1. The van der Waals surface area contributed by atoms with Crippen LogP contribution in [0.15, 0.2) is 12.3 Å². The van der Waals surface area contributed by atoms with Crippen molar-refractivity contribution in [2.75, 3.05) is 44.7 Å². The molecule has 1 N–H and O–H groups in total. The first-order valence-electron chi connectivity index (χ1n) is 6.08. The minimum absolute atomic E-state index is 0.0276. The van der Waals surface area contributed by atoms with Crippen LogP contribution < -0.4 is 10.2 Å². The van der Waals surface area contributed by atoms with E-state index in [0.717, 1.165) is 13.1 Å². The van der Waals surface area contributed by atoms with Crippen molar-refractivity contribution in [3.8, 4) is 0 Å². The third-order valence-electron chi connectivity index (χ3n) is 2.99. The molecule has 2 heterocycles. The van der Waals surface area contributed by atoms with E-state index in [1.165, 1.54) is 17.2 Å². The number of nitrogens with one attached hydrogen (secondary N) is 1. The summed E-state index contributed by atoms with van der Waals surface area (Å²) in [6.07, 6.45) is 1.37. The lowest BCUT2D eigenvalue weighted by atomic mass is 10.3. The summed E-state index contributed by atoms with van der Waals surface area (Å²) in [5, 5.41) is 3.41. The second-order valence-electron chi connectivity index (χ2n) is 4.45. The number of likely N-dealkylation sites (N-methyl/N-ethyl adjacent to an activating group) is 1. The second-order valence-corrected chi connectivity index (χ2v) is 4.88. The lowest BCUT2D eigenvalue weighted by molar-refractivity contribution is -0.130. The Kier molecular flexibility index (Phi) is 4.55. The van der Waals surface area contributed by atoms with E-state index >= 15 is 0 Å². The van der Waals surface area contributed by atoms with Gasteiger partial charge in [0.15, 0.2) is 11.6 Å². The number of aromatic nitrogens is 1. The molecule has 19 heavy (non-hydrogen) atoms. The van der Waals surface area contributed by atoms with Crippen molar-refractivity contribution in [3.05, 3.63) is 23.1 Å². The van der Waals surface area contributed by atoms with E-state index in [-0.39, 0.29) is 23.3 Å². The molecule has 0 saturated carbocycles. The first-order valence-corrected chi connectivity index (χ1v) is 6.46. The van der Waals surface area contributed by atoms with Crippen LogP contribution in [0.2, 0.25) is 5.02 Å². The van der Waals surface area contributed by atoms with Crippen molar-refractivity contribution in [1.29, 1.82) is 0 Å². The molecule has 5 nitrogen and oxygen atoms in total. The highest BCUT2D eigenvalue weighted by Crippen LogP contribution is 2.18. The molecule has 2 rings (SSSR count). The molecule has 0 aliphatic carbocycles. The highest BCUT2D eigenvalue weighted by atomic mass is 35.5. The standard InChI is InChI=1S/C12H16ClFN4O/c1-17(12-10(14)6-9(13)7-16-12)8-11(19)18-4-2-15-3-5-18/h6-7,15H,2-5,8H2,1H3. The van der Waals surface area contributed by atoms with Gasteiger partial charge in [-0.3, -0.25) is 4.79 Å². The lowest BCUT2D eigenvalue weighted by Crippen LogP contribution is -2.49. The summed E-state index contributed by atoms with van der Waals surface area (Å²) in [5.74, 6) is -0.420. The molecule has 1 amide bonds. The van der Waals surface area contributed by atoms with Gasteiger partial charge in [-0.2, -0.15) is 0 Å². The monoisotopic (exact) mass is 286 g/mol.